The molecule has 0 saturated carbocycles. The van der Waals surface area contributed by atoms with Crippen LogP contribution in [0.5, 0.6) is 5.75 Å². The molecule has 2 aromatic rings. The Balaban J connectivity index is 1.92. The lowest BCUT2D eigenvalue weighted by Crippen LogP contribution is -2.41. The van der Waals surface area contributed by atoms with E-state index in [0.717, 1.165) is 28.0 Å². The Kier molecular flexibility index (Phi) is 4.36. The van der Waals surface area contributed by atoms with Crippen molar-refractivity contribution in [3.05, 3.63) is 59.7 Å². The summed E-state index contributed by atoms with van der Waals surface area (Å²) in [7, 11) is 0.966. The minimum atomic E-state index is -0.662. The molecule has 0 aliphatic carbocycles. The molecule has 1 N–H and O–H groups in total. The second kappa shape index (κ2) is 6.50. The lowest BCUT2D eigenvalue weighted by atomic mass is 9.70. The molecule has 0 spiro atoms. The summed E-state index contributed by atoms with van der Waals surface area (Å²) in [6.45, 7) is 8.02. The number of hydrogen-bond donors (Lipinski definition) is 1. The van der Waals surface area contributed by atoms with Gasteiger partial charge in [-0.15, -0.1) is 0 Å². The molecule has 1 saturated heterocycles. The van der Waals surface area contributed by atoms with Gasteiger partial charge in [0, 0.05) is 22.3 Å². The van der Waals surface area contributed by atoms with Gasteiger partial charge in [0.2, 0.25) is 0 Å². The Hall–Kier alpha value is -2.57. The molecule has 28 heavy (non-hydrogen) atoms. The summed E-state index contributed by atoms with van der Waals surface area (Å²) in [5.74, 6) is 0.597. The van der Waals surface area contributed by atoms with Gasteiger partial charge in [0.15, 0.2) is 0 Å². The Morgan fingerprint density at radius 3 is 2.18 bits per heavy atom. The van der Waals surface area contributed by atoms with Gasteiger partial charge in [0.25, 0.3) is 5.91 Å². The van der Waals surface area contributed by atoms with E-state index in [-0.39, 0.29) is 5.91 Å². The van der Waals surface area contributed by atoms with Crippen LogP contribution in [0.1, 0.15) is 38.8 Å². The van der Waals surface area contributed by atoms with Crippen LogP contribution in [0.15, 0.2) is 48.5 Å². The number of hydrogen-bond acceptors (Lipinski definition) is 4. The van der Waals surface area contributed by atoms with E-state index in [4.69, 9.17) is 14.0 Å². The van der Waals surface area contributed by atoms with Crippen molar-refractivity contribution >= 4 is 29.8 Å². The molecule has 5 nitrogen and oxygen atoms in total. The fourth-order valence-electron chi connectivity index (χ4n) is 3.51. The average Bonchev–Trinajstić information content (AvgIpc) is 3.08. The summed E-state index contributed by atoms with van der Waals surface area (Å²) in [5, 5.41) is 2.95. The Bertz CT molecular complexity index is 947. The van der Waals surface area contributed by atoms with Crippen molar-refractivity contribution in [3.8, 4) is 5.75 Å². The number of carbonyl (C=O) groups excluding carboxylic acids is 1. The number of fused-ring (bicyclic) bond motifs is 1. The summed E-state index contributed by atoms with van der Waals surface area (Å²) in [6, 6.07) is 15.3. The monoisotopic (exact) mass is 377 g/mol. The number of ether oxygens (including phenoxy) is 1. The zero-order valence-electron chi connectivity index (χ0n) is 16.8. The van der Waals surface area contributed by atoms with Crippen molar-refractivity contribution in [3.63, 3.8) is 0 Å². The maximum absolute atomic E-state index is 12.9. The van der Waals surface area contributed by atoms with E-state index in [1.807, 2.05) is 76.2 Å². The van der Waals surface area contributed by atoms with Gasteiger partial charge in [-0.05, 0) is 51.5 Å². The van der Waals surface area contributed by atoms with Gasteiger partial charge in [-0.1, -0.05) is 30.3 Å². The van der Waals surface area contributed by atoms with Crippen LogP contribution in [0.3, 0.4) is 0 Å². The van der Waals surface area contributed by atoms with Crippen LogP contribution in [0.4, 0.5) is 5.69 Å². The van der Waals surface area contributed by atoms with Crippen molar-refractivity contribution in [2.24, 2.45) is 0 Å². The molecule has 0 atom stereocenters. The molecular weight excluding hydrogens is 353 g/mol. The molecule has 144 valence electrons. The lowest BCUT2D eigenvalue weighted by molar-refractivity contribution is -0.110. The van der Waals surface area contributed by atoms with E-state index in [1.54, 1.807) is 7.11 Å². The van der Waals surface area contributed by atoms with Crippen molar-refractivity contribution in [2.45, 2.75) is 38.9 Å². The minimum Gasteiger partial charge on any atom is -0.497 e. The first-order valence-electron chi connectivity index (χ1n) is 9.38. The van der Waals surface area contributed by atoms with Crippen LogP contribution >= 0.6 is 0 Å². The maximum atomic E-state index is 12.9. The number of anilines is 1. The first-order chi connectivity index (χ1) is 13.2. The molecule has 6 heteroatoms. The maximum Gasteiger partial charge on any atom is 0.496 e. The number of nitrogens with one attached hydrogen (secondary N) is 1. The molecule has 0 unspecified atom stereocenters. The van der Waals surface area contributed by atoms with E-state index in [2.05, 4.69) is 5.32 Å². The minimum absolute atomic E-state index is 0.151. The van der Waals surface area contributed by atoms with E-state index >= 15 is 0 Å². The smallest absolute Gasteiger partial charge is 0.496 e. The van der Waals surface area contributed by atoms with Crippen LogP contribution in [-0.2, 0) is 14.1 Å². The zero-order valence-corrected chi connectivity index (χ0v) is 16.8. The van der Waals surface area contributed by atoms with Crippen molar-refractivity contribution in [1.29, 1.82) is 0 Å². The van der Waals surface area contributed by atoms with Gasteiger partial charge in [-0.2, -0.15) is 0 Å². The number of carbonyl (C=O) groups is 1. The highest BCUT2D eigenvalue weighted by Gasteiger charge is 2.53. The number of benzene rings is 2. The van der Waals surface area contributed by atoms with Crippen LogP contribution < -0.4 is 10.1 Å². The zero-order chi connectivity index (χ0) is 20.1. The summed E-state index contributed by atoms with van der Waals surface area (Å²) in [4.78, 5) is 12.9. The molecule has 0 bridgehead atoms. The third-order valence-corrected chi connectivity index (χ3v) is 5.83. The molecular formula is C22H24BNO4. The average molecular weight is 377 g/mol. The Morgan fingerprint density at radius 2 is 1.57 bits per heavy atom. The van der Waals surface area contributed by atoms with Gasteiger partial charge < -0.3 is 19.4 Å². The molecule has 0 aromatic heterocycles. The highest BCUT2D eigenvalue weighted by Crippen LogP contribution is 2.45. The SMILES string of the molecule is COc1ccc(/C(B2OC(C)(C)C(C)(C)O2)=C2/C(=O)Nc3ccccc32)cc1. The van der Waals surface area contributed by atoms with E-state index in [9.17, 15) is 4.79 Å². The van der Waals surface area contributed by atoms with Crippen LogP contribution in [0.2, 0.25) is 0 Å². The predicted octanol–water partition coefficient (Wildman–Crippen LogP) is 4.19. The van der Waals surface area contributed by atoms with Gasteiger partial charge >= 0.3 is 7.12 Å². The summed E-state index contributed by atoms with van der Waals surface area (Å²) < 4.78 is 17.9. The standard InChI is InChI=1S/C22H24BNO4/c1-21(2)22(3,4)28-23(27-21)19(14-10-12-15(26-5)13-11-14)18-16-8-6-7-9-17(16)24-20(18)25/h6-13H,1-5H3,(H,24,25)/b19-18-. The summed E-state index contributed by atoms with van der Waals surface area (Å²) >= 11 is 0. The number of amides is 1. The molecule has 2 aliphatic heterocycles. The molecule has 1 fully saturated rings. The van der Waals surface area contributed by atoms with Crippen molar-refractivity contribution in [2.75, 3.05) is 12.4 Å². The lowest BCUT2D eigenvalue weighted by Gasteiger charge is -2.32. The number of methoxy groups -OCH3 is 1. The largest absolute Gasteiger partial charge is 0.497 e. The fraction of sp³-hybridized carbons (Fsp3) is 0.318. The van der Waals surface area contributed by atoms with E-state index in [0.29, 0.717) is 5.57 Å². The third kappa shape index (κ3) is 2.93. The van der Waals surface area contributed by atoms with E-state index in [1.165, 1.54) is 0 Å². The van der Waals surface area contributed by atoms with Crippen LogP contribution in [0.25, 0.3) is 11.0 Å². The Labute approximate surface area is 165 Å². The molecule has 2 aliphatic rings. The third-order valence-electron chi connectivity index (χ3n) is 5.83. The Morgan fingerprint density at radius 1 is 0.964 bits per heavy atom. The molecule has 1 amide bonds. The first-order valence-corrected chi connectivity index (χ1v) is 9.38. The fourth-order valence-corrected chi connectivity index (χ4v) is 3.51. The topological polar surface area (TPSA) is 56.8 Å². The molecule has 0 radical (unpaired) electrons. The highest BCUT2D eigenvalue weighted by molar-refractivity contribution is 6.74. The summed E-state index contributed by atoms with van der Waals surface area (Å²) in [6.07, 6.45) is 0. The predicted molar refractivity (Wildman–Crippen MR) is 111 cm³/mol. The van der Waals surface area contributed by atoms with E-state index < -0.39 is 18.3 Å². The molecule has 2 aromatic carbocycles. The van der Waals surface area contributed by atoms with Gasteiger partial charge in [-0.25, -0.2) is 0 Å². The summed E-state index contributed by atoms with van der Waals surface area (Å²) in [5.41, 5.74) is 2.80. The molecule has 4 rings (SSSR count). The highest BCUT2D eigenvalue weighted by atomic mass is 16.7. The van der Waals surface area contributed by atoms with Crippen LogP contribution in [0, 0.1) is 0 Å². The first kappa shape index (κ1) is 18.8. The van der Waals surface area contributed by atoms with Gasteiger partial charge in [0.05, 0.1) is 18.3 Å². The second-order valence-electron chi connectivity index (χ2n) is 8.11. The second-order valence-corrected chi connectivity index (χ2v) is 8.11. The normalized spacial score (nSPS) is 21.3. The number of rotatable bonds is 3. The van der Waals surface area contributed by atoms with Crippen molar-refractivity contribution in [1.82, 2.24) is 0 Å². The molecule has 2 heterocycles. The van der Waals surface area contributed by atoms with Crippen molar-refractivity contribution < 1.29 is 18.8 Å². The van der Waals surface area contributed by atoms with Gasteiger partial charge in [0.1, 0.15) is 5.75 Å². The number of para-hydroxylation sites is 1. The quantitative estimate of drug-likeness (QED) is 0.644. The van der Waals surface area contributed by atoms with Gasteiger partial charge in [-0.3, -0.25) is 4.79 Å². The van der Waals surface area contributed by atoms with Crippen LogP contribution in [-0.4, -0.2) is 31.3 Å².